The number of amides is 1. The van der Waals surface area contributed by atoms with E-state index in [-0.39, 0.29) is 18.5 Å². The average molecular weight is 427 g/mol. The Balaban J connectivity index is 1.74. The Morgan fingerprint density at radius 2 is 1.57 bits per heavy atom. The molecule has 4 nitrogen and oxygen atoms in total. The molecule has 1 aliphatic carbocycles. The summed E-state index contributed by atoms with van der Waals surface area (Å²) in [7, 11) is -1.84. The van der Waals surface area contributed by atoms with Gasteiger partial charge in [-0.15, -0.1) is 0 Å². The van der Waals surface area contributed by atoms with Crippen molar-refractivity contribution in [3.63, 3.8) is 0 Å². The maximum Gasteiger partial charge on any atom is 0.344 e. The molecule has 0 heterocycles. The van der Waals surface area contributed by atoms with Crippen LogP contribution < -0.4 is 5.32 Å². The van der Waals surface area contributed by atoms with Gasteiger partial charge in [-0.3, -0.25) is 4.79 Å². The van der Waals surface area contributed by atoms with Crippen LogP contribution in [0, 0.1) is 13.8 Å². The van der Waals surface area contributed by atoms with Gasteiger partial charge in [0.15, 0.2) is 11.3 Å². The van der Waals surface area contributed by atoms with Crippen LogP contribution in [0.25, 0.3) is 0 Å². The van der Waals surface area contributed by atoms with Gasteiger partial charge in [0.25, 0.3) is 5.91 Å². The van der Waals surface area contributed by atoms with E-state index in [9.17, 15) is 9.59 Å². The van der Waals surface area contributed by atoms with Gasteiger partial charge in [0.05, 0.1) is 12.3 Å². The van der Waals surface area contributed by atoms with Crippen LogP contribution >= 0.6 is 7.26 Å². The van der Waals surface area contributed by atoms with Crippen LogP contribution in [-0.2, 0) is 20.9 Å². The number of carbonyl (C=O) groups is 2. The number of para-hydroxylation sites is 1. The number of anilines is 1. The summed E-state index contributed by atoms with van der Waals surface area (Å²) >= 11 is 0. The highest BCUT2D eigenvalue weighted by atomic mass is 31.2. The van der Waals surface area contributed by atoms with Gasteiger partial charge in [0.1, 0.15) is 6.61 Å². The fraction of sp³-hybridized carbons (Fsp3) is 0.440. The van der Waals surface area contributed by atoms with Crippen molar-refractivity contribution in [1.29, 1.82) is 0 Å². The molecule has 0 spiro atoms. The highest BCUT2D eigenvalue weighted by Gasteiger charge is 2.69. The second-order valence-corrected chi connectivity index (χ2v) is 13.1. The molecule has 0 aromatic heterocycles. The van der Waals surface area contributed by atoms with Crippen LogP contribution in [0.1, 0.15) is 43.4 Å². The minimum Gasteiger partial charge on any atom is -0.458 e. The first-order valence-electron chi connectivity index (χ1n) is 10.8. The topological polar surface area (TPSA) is 55.4 Å². The second-order valence-electron chi connectivity index (χ2n) is 8.33. The van der Waals surface area contributed by atoms with Crippen LogP contribution in [0.5, 0.6) is 0 Å². The van der Waals surface area contributed by atoms with E-state index in [2.05, 4.69) is 19.2 Å². The summed E-state index contributed by atoms with van der Waals surface area (Å²) in [5.41, 5.74) is 4.03. The van der Waals surface area contributed by atoms with Crippen molar-refractivity contribution in [2.45, 2.75) is 52.3 Å². The lowest BCUT2D eigenvalue weighted by Crippen LogP contribution is -2.37. The lowest BCUT2D eigenvalue weighted by atomic mass is 10.1. The normalized spacial score (nSPS) is 14.8. The first-order valence-corrected chi connectivity index (χ1v) is 13.2. The van der Waals surface area contributed by atoms with Gasteiger partial charge in [-0.1, -0.05) is 48.5 Å². The molecule has 0 aliphatic heterocycles. The monoisotopic (exact) mass is 426 g/mol. The minimum absolute atomic E-state index is 0.0905. The predicted molar refractivity (Wildman–Crippen MR) is 126 cm³/mol. The van der Waals surface area contributed by atoms with Gasteiger partial charge in [-0.05, 0) is 44.4 Å². The van der Waals surface area contributed by atoms with Crippen molar-refractivity contribution in [2.75, 3.05) is 23.8 Å². The maximum atomic E-state index is 13.5. The molecule has 0 saturated heterocycles. The Hall–Kier alpha value is -2.19. The quantitative estimate of drug-likeness (QED) is 0.421. The molecule has 0 atom stereocenters. The highest BCUT2D eigenvalue weighted by Crippen LogP contribution is 2.77. The predicted octanol–water partition coefficient (Wildman–Crippen LogP) is 5.58. The van der Waals surface area contributed by atoms with E-state index in [1.807, 2.05) is 62.4 Å². The minimum atomic E-state index is -1.84. The molecule has 1 amide bonds. The Kier molecular flexibility index (Phi) is 6.98. The molecule has 5 heteroatoms. The molecule has 0 bridgehead atoms. The summed E-state index contributed by atoms with van der Waals surface area (Å²) in [5.74, 6) is -0.0881. The summed E-state index contributed by atoms with van der Waals surface area (Å²) in [4.78, 5) is 26.3. The number of ether oxygens (including phenoxy) is 1. The highest BCUT2D eigenvalue weighted by molar-refractivity contribution is 7.79. The number of nitrogens with one attached hydrogen (secondary N) is 1. The number of benzene rings is 2. The van der Waals surface area contributed by atoms with Crippen molar-refractivity contribution >= 4 is 24.8 Å². The Bertz CT molecular complexity index is 882. The molecule has 1 saturated carbocycles. The number of hydrogen-bond donors (Lipinski definition) is 1. The summed E-state index contributed by atoms with van der Waals surface area (Å²) in [5, 5.41) is 2.83. The zero-order valence-corrected chi connectivity index (χ0v) is 19.4. The van der Waals surface area contributed by atoms with Crippen molar-refractivity contribution in [3.8, 4) is 0 Å². The Morgan fingerprint density at radius 3 is 2.10 bits per heavy atom. The molecule has 0 unspecified atom stereocenters. The van der Waals surface area contributed by atoms with Crippen LogP contribution in [0.3, 0.4) is 0 Å². The zero-order chi connectivity index (χ0) is 21.8. The van der Waals surface area contributed by atoms with E-state index < -0.39 is 12.4 Å². The van der Waals surface area contributed by atoms with Gasteiger partial charge in [0, 0.05) is 25.8 Å². The molecule has 1 aliphatic rings. The first kappa shape index (κ1) is 22.5. The van der Waals surface area contributed by atoms with E-state index >= 15 is 0 Å². The maximum absolute atomic E-state index is 13.5. The SMILES string of the molecule is CC[P+](CC)(CC(=O)OCc1ccccc1)C1(C(=O)Nc2c(C)cccc2C)CC1. The van der Waals surface area contributed by atoms with Gasteiger partial charge in [0.2, 0.25) is 0 Å². The van der Waals surface area contributed by atoms with E-state index in [0.717, 1.165) is 47.5 Å². The molecule has 2 aromatic carbocycles. The third kappa shape index (κ3) is 4.44. The third-order valence-electron chi connectivity index (χ3n) is 6.66. The molecular formula is C25H33NO3P+. The number of esters is 1. The molecular weight excluding hydrogens is 393 g/mol. The standard InChI is InChI=1S/C25H32NO3P/c1-5-30(6-2,18-22(27)29-17-21-13-8-7-9-14-21)25(15-16-25)24(28)26-23-19(3)11-10-12-20(23)4/h7-14H,5-6,15-18H2,1-4H3/p+1. The van der Waals surface area contributed by atoms with Gasteiger partial charge in [-0.2, -0.15) is 0 Å². The molecule has 30 heavy (non-hydrogen) atoms. The summed E-state index contributed by atoms with van der Waals surface area (Å²) in [6.45, 7) is 8.59. The third-order valence-corrected chi connectivity index (χ3v) is 12.4. The average Bonchev–Trinajstić information content (AvgIpc) is 3.56. The zero-order valence-electron chi connectivity index (χ0n) is 18.5. The summed E-state index contributed by atoms with van der Waals surface area (Å²) in [6, 6.07) is 15.8. The molecule has 160 valence electrons. The van der Waals surface area contributed by atoms with Gasteiger partial charge in [-0.25, -0.2) is 4.79 Å². The first-order chi connectivity index (χ1) is 14.4. The lowest BCUT2D eigenvalue weighted by Gasteiger charge is -2.32. The van der Waals surface area contributed by atoms with Crippen LogP contribution in [0.4, 0.5) is 5.69 Å². The largest absolute Gasteiger partial charge is 0.458 e. The Labute approximate surface area is 180 Å². The summed E-state index contributed by atoms with van der Waals surface area (Å²) < 4.78 is 5.60. The molecule has 2 aromatic rings. The van der Waals surface area contributed by atoms with Crippen molar-refractivity contribution in [2.24, 2.45) is 0 Å². The molecule has 3 rings (SSSR count). The van der Waals surface area contributed by atoms with E-state index in [4.69, 9.17) is 4.74 Å². The number of hydrogen-bond acceptors (Lipinski definition) is 3. The molecule has 0 radical (unpaired) electrons. The van der Waals surface area contributed by atoms with Crippen molar-refractivity contribution < 1.29 is 14.3 Å². The van der Waals surface area contributed by atoms with Crippen LogP contribution in [-0.4, -0.2) is 35.5 Å². The summed E-state index contributed by atoms with van der Waals surface area (Å²) in [6.07, 6.45) is 3.87. The van der Waals surface area contributed by atoms with E-state index in [1.54, 1.807) is 0 Å². The fourth-order valence-corrected chi connectivity index (χ4v) is 9.05. The van der Waals surface area contributed by atoms with Crippen molar-refractivity contribution in [3.05, 3.63) is 65.2 Å². The second kappa shape index (κ2) is 9.31. The van der Waals surface area contributed by atoms with Crippen LogP contribution in [0.15, 0.2) is 48.5 Å². The Morgan fingerprint density at radius 1 is 0.967 bits per heavy atom. The fourth-order valence-electron chi connectivity index (χ4n) is 4.51. The lowest BCUT2D eigenvalue weighted by molar-refractivity contribution is -0.141. The number of aryl methyl sites for hydroxylation is 2. The molecule has 1 fully saturated rings. The smallest absolute Gasteiger partial charge is 0.344 e. The number of rotatable bonds is 9. The van der Waals surface area contributed by atoms with E-state index in [1.165, 1.54) is 0 Å². The number of carbonyl (C=O) groups excluding carboxylic acids is 2. The van der Waals surface area contributed by atoms with Crippen molar-refractivity contribution in [1.82, 2.24) is 0 Å². The van der Waals surface area contributed by atoms with E-state index in [0.29, 0.717) is 6.16 Å². The van der Waals surface area contributed by atoms with Gasteiger partial charge >= 0.3 is 5.97 Å². The van der Waals surface area contributed by atoms with Crippen LogP contribution in [0.2, 0.25) is 0 Å². The molecule has 1 N–H and O–H groups in total. The van der Waals surface area contributed by atoms with Gasteiger partial charge < -0.3 is 10.1 Å².